The van der Waals surface area contributed by atoms with E-state index < -0.39 is 0 Å². The van der Waals surface area contributed by atoms with Gasteiger partial charge in [-0.3, -0.25) is 9.58 Å². The highest BCUT2D eigenvalue weighted by atomic mass is 15.3. The fourth-order valence-electron chi connectivity index (χ4n) is 4.35. The van der Waals surface area contributed by atoms with Gasteiger partial charge < -0.3 is 5.32 Å². The second-order valence-electron chi connectivity index (χ2n) is 8.16. The number of rotatable bonds is 6. The molecular weight excluding hydrogens is 296 g/mol. The molecule has 0 saturated heterocycles. The van der Waals surface area contributed by atoms with Crippen molar-refractivity contribution in [1.29, 1.82) is 0 Å². The van der Waals surface area contributed by atoms with Crippen LogP contribution in [0.3, 0.4) is 0 Å². The molecule has 2 heterocycles. The number of nitrogens with one attached hydrogen (secondary N) is 1. The fraction of sp³-hybridized carbons (Fsp3) is 0.550. The molecular formula is C20H26N4. The van der Waals surface area contributed by atoms with Crippen LogP contribution >= 0.6 is 0 Å². The number of benzene rings is 1. The molecule has 1 unspecified atom stereocenters. The van der Waals surface area contributed by atoms with Gasteiger partial charge in [0.15, 0.2) is 0 Å². The first-order valence-electron chi connectivity index (χ1n) is 9.23. The lowest BCUT2D eigenvalue weighted by Crippen LogP contribution is -2.35. The van der Waals surface area contributed by atoms with E-state index in [4.69, 9.17) is 0 Å². The van der Waals surface area contributed by atoms with Crippen molar-refractivity contribution < 1.29 is 0 Å². The Bertz CT molecular complexity index is 708. The van der Waals surface area contributed by atoms with Gasteiger partial charge in [-0.15, -0.1) is 0 Å². The Morgan fingerprint density at radius 3 is 2.79 bits per heavy atom. The summed E-state index contributed by atoms with van der Waals surface area (Å²) in [5.41, 5.74) is 4.73. The lowest BCUT2D eigenvalue weighted by Gasteiger charge is -2.23. The molecule has 1 aromatic heterocycles. The van der Waals surface area contributed by atoms with Crippen LogP contribution in [0.15, 0.2) is 36.5 Å². The van der Waals surface area contributed by atoms with E-state index in [0.29, 0.717) is 11.5 Å². The second kappa shape index (κ2) is 5.43. The molecule has 0 radical (unpaired) electrons. The molecule has 2 fully saturated rings. The predicted octanol–water partition coefficient (Wildman–Crippen LogP) is 2.66. The van der Waals surface area contributed by atoms with Crippen molar-refractivity contribution in [2.45, 2.75) is 44.3 Å². The van der Waals surface area contributed by atoms with Crippen molar-refractivity contribution in [3.63, 3.8) is 0 Å². The molecule has 126 valence electrons. The third-order valence-corrected chi connectivity index (χ3v) is 6.03. The zero-order valence-electron chi connectivity index (χ0n) is 14.4. The van der Waals surface area contributed by atoms with E-state index in [1.54, 1.807) is 0 Å². The molecule has 5 rings (SSSR count). The molecule has 3 aliphatic rings. The molecule has 2 saturated carbocycles. The normalized spacial score (nSPS) is 27.2. The Hall–Kier alpha value is -1.65. The van der Waals surface area contributed by atoms with E-state index in [2.05, 4.69) is 51.8 Å². The summed E-state index contributed by atoms with van der Waals surface area (Å²) in [4.78, 5) is 2.59. The maximum absolute atomic E-state index is 4.58. The molecule has 1 N–H and O–H groups in total. The number of hydrogen-bond donors (Lipinski definition) is 1. The van der Waals surface area contributed by atoms with E-state index in [1.807, 2.05) is 11.7 Å². The number of aryl methyl sites for hydroxylation is 1. The summed E-state index contributed by atoms with van der Waals surface area (Å²) in [6, 6.07) is 11.7. The maximum Gasteiger partial charge on any atom is 0.0809 e. The van der Waals surface area contributed by atoms with Gasteiger partial charge in [0.2, 0.25) is 0 Å². The molecule has 1 aromatic carbocycles. The third kappa shape index (κ3) is 2.78. The second-order valence-corrected chi connectivity index (χ2v) is 8.16. The number of fused-ring (bicyclic) bond motifs is 1. The topological polar surface area (TPSA) is 33.1 Å². The highest BCUT2D eigenvalue weighted by Crippen LogP contribution is 2.48. The highest BCUT2D eigenvalue weighted by molar-refractivity contribution is 5.28. The summed E-state index contributed by atoms with van der Waals surface area (Å²) < 4.78 is 1.95. The first-order valence-corrected chi connectivity index (χ1v) is 9.23. The van der Waals surface area contributed by atoms with E-state index in [-0.39, 0.29) is 0 Å². The number of nitrogens with zero attached hydrogens (tertiary/aromatic N) is 3. The van der Waals surface area contributed by atoms with Crippen molar-refractivity contribution in [3.8, 4) is 0 Å². The molecule has 2 aliphatic carbocycles. The van der Waals surface area contributed by atoms with Crippen LogP contribution in [0, 0.1) is 5.41 Å². The molecule has 2 atom stereocenters. The van der Waals surface area contributed by atoms with Crippen LogP contribution in [0.1, 0.15) is 42.0 Å². The van der Waals surface area contributed by atoms with Gasteiger partial charge in [0, 0.05) is 56.9 Å². The zero-order valence-corrected chi connectivity index (χ0v) is 14.4. The Morgan fingerprint density at radius 2 is 2.04 bits per heavy atom. The fourth-order valence-corrected chi connectivity index (χ4v) is 4.35. The minimum Gasteiger partial charge on any atom is -0.313 e. The first-order chi connectivity index (χ1) is 11.7. The summed E-state index contributed by atoms with van der Waals surface area (Å²) in [6.07, 6.45) is 6.25. The maximum atomic E-state index is 4.58. The smallest absolute Gasteiger partial charge is 0.0809 e. The van der Waals surface area contributed by atoms with Crippen LogP contribution in [-0.4, -0.2) is 33.8 Å². The van der Waals surface area contributed by atoms with Gasteiger partial charge >= 0.3 is 0 Å². The number of aromatic nitrogens is 2. The van der Waals surface area contributed by atoms with E-state index in [9.17, 15) is 0 Å². The lowest BCUT2D eigenvalue weighted by atomic mass is 10.1. The average Bonchev–Trinajstić information content (AvgIpc) is 3.44. The summed E-state index contributed by atoms with van der Waals surface area (Å²) in [5.74, 6) is 0.739. The van der Waals surface area contributed by atoms with Gasteiger partial charge in [-0.25, -0.2) is 0 Å². The molecule has 0 amide bonds. The Kier molecular flexibility index (Phi) is 3.32. The lowest BCUT2D eigenvalue weighted by molar-refractivity contribution is 0.216. The highest BCUT2D eigenvalue weighted by Gasteiger charge is 2.47. The van der Waals surface area contributed by atoms with Crippen molar-refractivity contribution in [2.24, 2.45) is 12.5 Å². The molecule has 4 heteroatoms. The monoisotopic (exact) mass is 322 g/mol. The Balaban J connectivity index is 1.13. The molecule has 1 aliphatic heterocycles. The summed E-state index contributed by atoms with van der Waals surface area (Å²) >= 11 is 0. The average molecular weight is 322 g/mol. The summed E-state index contributed by atoms with van der Waals surface area (Å²) in [5, 5.41) is 8.44. The van der Waals surface area contributed by atoms with Gasteiger partial charge in [0.1, 0.15) is 0 Å². The van der Waals surface area contributed by atoms with Gasteiger partial charge in [-0.05, 0) is 30.2 Å². The van der Waals surface area contributed by atoms with Crippen molar-refractivity contribution in [3.05, 3.63) is 53.3 Å². The van der Waals surface area contributed by atoms with Gasteiger partial charge in [0.05, 0.1) is 5.69 Å². The summed E-state index contributed by atoms with van der Waals surface area (Å²) in [6.45, 7) is 4.53. The minimum absolute atomic E-state index is 0.523. The predicted molar refractivity (Wildman–Crippen MR) is 94.6 cm³/mol. The first kappa shape index (κ1) is 14.7. The largest absolute Gasteiger partial charge is 0.313 e. The molecule has 24 heavy (non-hydrogen) atoms. The Morgan fingerprint density at radius 1 is 1.21 bits per heavy atom. The van der Waals surface area contributed by atoms with Gasteiger partial charge in [0.25, 0.3) is 0 Å². The van der Waals surface area contributed by atoms with Gasteiger partial charge in [-0.2, -0.15) is 5.10 Å². The molecule has 2 aromatic rings. The minimum atomic E-state index is 0.523. The van der Waals surface area contributed by atoms with Crippen molar-refractivity contribution in [1.82, 2.24) is 20.0 Å². The molecule has 0 spiro atoms. The van der Waals surface area contributed by atoms with Crippen LogP contribution < -0.4 is 5.32 Å². The molecule has 0 bridgehead atoms. The molecule has 4 nitrogen and oxygen atoms in total. The van der Waals surface area contributed by atoms with Crippen molar-refractivity contribution >= 4 is 0 Å². The SMILES string of the molecule is Cn1cc2c(n1)CN(CC1(CN[C@H]3CC3c3ccccc3)CC1)C2. The van der Waals surface area contributed by atoms with Crippen molar-refractivity contribution in [2.75, 3.05) is 13.1 Å². The van der Waals surface area contributed by atoms with Crippen LogP contribution in [-0.2, 0) is 20.1 Å². The van der Waals surface area contributed by atoms with E-state index in [0.717, 1.165) is 19.0 Å². The van der Waals surface area contributed by atoms with E-state index in [1.165, 1.54) is 49.2 Å². The van der Waals surface area contributed by atoms with Crippen LogP contribution in [0.2, 0.25) is 0 Å². The zero-order chi connectivity index (χ0) is 16.1. The van der Waals surface area contributed by atoms with Crippen LogP contribution in [0.4, 0.5) is 0 Å². The van der Waals surface area contributed by atoms with E-state index >= 15 is 0 Å². The standard InChI is InChI=1S/C20H26N4/c1-23-10-16-11-24(12-19(16)22-23)14-20(7-8-20)13-21-18-9-17(18)15-5-3-2-4-6-15/h2-6,10,17-18,21H,7-9,11-14H2,1H3/t17?,18-/m0/s1. The van der Waals surface area contributed by atoms with Crippen LogP contribution in [0.5, 0.6) is 0 Å². The van der Waals surface area contributed by atoms with Gasteiger partial charge in [-0.1, -0.05) is 30.3 Å². The Labute approximate surface area is 143 Å². The third-order valence-electron chi connectivity index (χ3n) is 6.03. The summed E-state index contributed by atoms with van der Waals surface area (Å²) in [7, 11) is 2.02. The quantitative estimate of drug-likeness (QED) is 0.887. The van der Waals surface area contributed by atoms with Crippen LogP contribution in [0.25, 0.3) is 0 Å². The number of hydrogen-bond acceptors (Lipinski definition) is 3.